The molecule has 116 valence electrons. The fraction of sp³-hybridized carbons (Fsp3) is 0.267. The lowest BCUT2D eigenvalue weighted by molar-refractivity contribution is 0.0770. The van der Waals surface area contributed by atoms with Crippen molar-refractivity contribution in [3.05, 3.63) is 52.4 Å². The molecule has 2 aromatic rings. The van der Waals surface area contributed by atoms with E-state index < -0.39 is 0 Å². The Balaban J connectivity index is 2.01. The van der Waals surface area contributed by atoms with Crippen LogP contribution in [0.5, 0.6) is 0 Å². The number of nitrogens with one attached hydrogen (secondary N) is 1. The summed E-state index contributed by atoms with van der Waals surface area (Å²) in [5.74, 6) is 0.930. The van der Waals surface area contributed by atoms with Gasteiger partial charge in [0, 0.05) is 19.0 Å². The van der Waals surface area contributed by atoms with Crippen LogP contribution >= 0.6 is 11.3 Å². The number of furan rings is 1. The van der Waals surface area contributed by atoms with Crippen LogP contribution in [-0.4, -0.2) is 35.3 Å². The molecule has 0 bridgehead atoms. The molecule has 0 atom stereocenters. The summed E-state index contributed by atoms with van der Waals surface area (Å²) in [6.07, 6.45) is 1.58. The molecule has 2 amide bonds. The van der Waals surface area contributed by atoms with Crippen LogP contribution in [0.25, 0.3) is 0 Å². The van der Waals surface area contributed by atoms with Gasteiger partial charge in [-0.25, -0.2) is 4.98 Å². The van der Waals surface area contributed by atoms with Crippen LogP contribution in [0.3, 0.4) is 0 Å². The Morgan fingerprint density at radius 3 is 2.91 bits per heavy atom. The summed E-state index contributed by atoms with van der Waals surface area (Å²) in [5, 5.41) is 4.46. The van der Waals surface area contributed by atoms with Gasteiger partial charge in [-0.3, -0.25) is 9.59 Å². The van der Waals surface area contributed by atoms with Gasteiger partial charge in [0.15, 0.2) is 5.01 Å². The van der Waals surface area contributed by atoms with Gasteiger partial charge in [0.25, 0.3) is 11.8 Å². The van der Waals surface area contributed by atoms with Crippen molar-refractivity contribution in [3.8, 4) is 0 Å². The van der Waals surface area contributed by atoms with Crippen molar-refractivity contribution in [1.82, 2.24) is 15.2 Å². The molecule has 6 nitrogen and oxygen atoms in total. The van der Waals surface area contributed by atoms with Gasteiger partial charge < -0.3 is 14.6 Å². The van der Waals surface area contributed by atoms with Crippen LogP contribution in [0.1, 0.15) is 31.8 Å². The number of nitrogens with zero attached hydrogens (tertiary/aromatic N) is 2. The Bertz CT molecular complexity index is 690. The van der Waals surface area contributed by atoms with Crippen molar-refractivity contribution >= 4 is 23.2 Å². The van der Waals surface area contributed by atoms with Crippen molar-refractivity contribution in [2.24, 2.45) is 0 Å². The maximum absolute atomic E-state index is 12.3. The summed E-state index contributed by atoms with van der Waals surface area (Å²) in [5.41, 5.74) is 0.250. The van der Waals surface area contributed by atoms with E-state index in [0.29, 0.717) is 18.8 Å². The summed E-state index contributed by atoms with van der Waals surface area (Å²) in [4.78, 5) is 29.6. The van der Waals surface area contributed by atoms with Gasteiger partial charge in [-0.05, 0) is 19.1 Å². The van der Waals surface area contributed by atoms with Crippen molar-refractivity contribution < 1.29 is 14.0 Å². The lowest BCUT2D eigenvalue weighted by Gasteiger charge is -2.13. The molecule has 0 aromatic carbocycles. The highest BCUT2D eigenvalue weighted by atomic mass is 32.1. The normalized spacial score (nSPS) is 10.3. The van der Waals surface area contributed by atoms with Crippen molar-refractivity contribution in [1.29, 1.82) is 0 Å². The lowest BCUT2D eigenvalue weighted by Crippen LogP contribution is -2.27. The molecule has 0 saturated carbocycles. The number of rotatable bonds is 6. The van der Waals surface area contributed by atoms with Gasteiger partial charge in [0.2, 0.25) is 0 Å². The van der Waals surface area contributed by atoms with Gasteiger partial charge in [-0.2, -0.15) is 0 Å². The van der Waals surface area contributed by atoms with Crippen LogP contribution in [0.2, 0.25) is 0 Å². The van der Waals surface area contributed by atoms with Crippen LogP contribution in [0, 0.1) is 6.92 Å². The monoisotopic (exact) mass is 319 g/mol. The minimum atomic E-state index is -0.312. The van der Waals surface area contributed by atoms with Gasteiger partial charge in [-0.15, -0.1) is 17.9 Å². The van der Waals surface area contributed by atoms with Crippen LogP contribution in [0.15, 0.2) is 34.6 Å². The highest BCUT2D eigenvalue weighted by molar-refractivity contribution is 7.11. The maximum atomic E-state index is 12.3. The molecule has 0 fully saturated rings. The Kier molecular flexibility index (Phi) is 5.11. The van der Waals surface area contributed by atoms with Gasteiger partial charge in [-0.1, -0.05) is 6.08 Å². The zero-order valence-corrected chi connectivity index (χ0v) is 13.3. The topological polar surface area (TPSA) is 75.4 Å². The third kappa shape index (κ3) is 3.82. The van der Waals surface area contributed by atoms with E-state index in [4.69, 9.17) is 4.42 Å². The first kappa shape index (κ1) is 16.0. The maximum Gasteiger partial charge on any atom is 0.280 e. The van der Waals surface area contributed by atoms with E-state index in [0.717, 1.165) is 17.1 Å². The van der Waals surface area contributed by atoms with E-state index in [1.807, 2.05) is 19.1 Å². The summed E-state index contributed by atoms with van der Waals surface area (Å²) >= 11 is 1.14. The number of hydrogen-bond acceptors (Lipinski definition) is 5. The highest BCUT2D eigenvalue weighted by Crippen LogP contribution is 2.14. The Labute approximate surface area is 132 Å². The second kappa shape index (κ2) is 7.04. The molecule has 0 aliphatic heterocycles. The largest absolute Gasteiger partial charge is 0.464 e. The lowest BCUT2D eigenvalue weighted by atomic mass is 10.3. The van der Waals surface area contributed by atoms with E-state index in [1.54, 1.807) is 18.5 Å². The molecule has 0 unspecified atom stereocenters. The van der Waals surface area contributed by atoms with Crippen LogP contribution in [-0.2, 0) is 6.54 Å². The number of amides is 2. The van der Waals surface area contributed by atoms with Crippen molar-refractivity contribution in [2.45, 2.75) is 13.5 Å². The highest BCUT2D eigenvalue weighted by Gasteiger charge is 2.19. The molecule has 2 aromatic heterocycles. The fourth-order valence-electron chi connectivity index (χ4n) is 1.79. The number of aryl methyl sites for hydroxylation is 1. The zero-order valence-electron chi connectivity index (χ0n) is 12.5. The Hall–Kier alpha value is -2.41. The minimum Gasteiger partial charge on any atom is -0.464 e. The molecular weight excluding hydrogens is 302 g/mol. The first-order chi connectivity index (χ1) is 10.5. The standard InChI is InChI=1S/C15H17N3O3S/c1-4-7-16-13(19)14-17-12(9-22-14)15(20)18(3)8-11-6-5-10(2)21-11/h4-6,9H,1,7-8H2,2-3H3,(H,16,19). The predicted octanol–water partition coefficient (Wildman–Crippen LogP) is 2.23. The van der Waals surface area contributed by atoms with E-state index in [-0.39, 0.29) is 22.5 Å². The Morgan fingerprint density at radius 2 is 2.27 bits per heavy atom. The van der Waals surface area contributed by atoms with Crippen LogP contribution in [0.4, 0.5) is 0 Å². The van der Waals surface area contributed by atoms with E-state index >= 15 is 0 Å². The third-order valence-corrected chi connectivity index (χ3v) is 3.70. The summed E-state index contributed by atoms with van der Waals surface area (Å²) in [6, 6.07) is 3.67. The third-order valence-electron chi connectivity index (χ3n) is 2.86. The first-order valence-electron chi connectivity index (χ1n) is 6.66. The number of carbonyl (C=O) groups excluding carboxylic acids is 2. The molecule has 2 heterocycles. The van der Waals surface area contributed by atoms with Crippen LogP contribution < -0.4 is 5.32 Å². The van der Waals surface area contributed by atoms with E-state index in [1.165, 1.54) is 4.90 Å². The number of carbonyl (C=O) groups is 2. The number of thiazole rings is 1. The second-order valence-corrected chi connectivity index (χ2v) is 5.57. The molecule has 0 aliphatic carbocycles. The van der Waals surface area contributed by atoms with Gasteiger partial charge in [0.05, 0.1) is 6.54 Å². The van der Waals surface area contributed by atoms with Gasteiger partial charge in [0.1, 0.15) is 17.2 Å². The average molecular weight is 319 g/mol. The summed E-state index contributed by atoms with van der Waals surface area (Å²) in [6.45, 7) is 6.08. The Morgan fingerprint density at radius 1 is 1.50 bits per heavy atom. The van der Waals surface area contributed by atoms with Crippen molar-refractivity contribution in [3.63, 3.8) is 0 Å². The molecule has 2 rings (SSSR count). The minimum absolute atomic E-state index is 0.250. The quantitative estimate of drug-likeness (QED) is 0.829. The molecule has 22 heavy (non-hydrogen) atoms. The molecule has 1 N–H and O–H groups in total. The second-order valence-electron chi connectivity index (χ2n) is 4.71. The fourth-order valence-corrected chi connectivity index (χ4v) is 2.49. The zero-order chi connectivity index (χ0) is 16.1. The molecular formula is C15H17N3O3S. The number of aromatic nitrogens is 1. The molecule has 0 aliphatic rings. The molecule has 0 spiro atoms. The molecule has 0 saturated heterocycles. The van der Waals surface area contributed by atoms with E-state index in [9.17, 15) is 9.59 Å². The van der Waals surface area contributed by atoms with Gasteiger partial charge >= 0.3 is 0 Å². The smallest absolute Gasteiger partial charge is 0.280 e. The average Bonchev–Trinajstić information content (AvgIpc) is 3.13. The summed E-state index contributed by atoms with van der Waals surface area (Å²) in [7, 11) is 1.66. The predicted molar refractivity (Wildman–Crippen MR) is 83.9 cm³/mol. The van der Waals surface area contributed by atoms with E-state index in [2.05, 4.69) is 16.9 Å². The molecule has 0 radical (unpaired) electrons. The molecule has 7 heteroatoms. The van der Waals surface area contributed by atoms with Crippen molar-refractivity contribution in [2.75, 3.05) is 13.6 Å². The first-order valence-corrected chi connectivity index (χ1v) is 7.54. The summed E-state index contributed by atoms with van der Waals surface area (Å²) < 4.78 is 5.44. The number of hydrogen-bond donors (Lipinski definition) is 1. The SMILES string of the molecule is C=CCNC(=O)c1nc(C(=O)N(C)Cc2ccc(C)o2)cs1.